The Morgan fingerprint density at radius 2 is 2.18 bits per heavy atom. The zero-order valence-electron chi connectivity index (χ0n) is 9.96. The van der Waals surface area contributed by atoms with Crippen molar-refractivity contribution < 1.29 is 4.79 Å². The molecule has 0 unspecified atom stereocenters. The largest absolute Gasteiger partial charge is 0.338 e. The molecule has 4 heteroatoms. The van der Waals surface area contributed by atoms with Gasteiger partial charge in [-0.2, -0.15) is 0 Å². The van der Waals surface area contributed by atoms with E-state index in [0.29, 0.717) is 10.6 Å². The number of halogens is 2. The maximum absolute atomic E-state index is 12.3. The molecule has 0 atom stereocenters. The molecule has 2 rings (SSSR count). The normalized spacial score (nSPS) is 18.5. The first-order valence-electron chi connectivity index (χ1n) is 5.63. The van der Waals surface area contributed by atoms with Crippen molar-refractivity contribution in [3.8, 4) is 0 Å². The van der Waals surface area contributed by atoms with Gasteiger partial charge in [-0.3, -0.25) is 4.79 Å². The molecule has 0 spiro atoms. The van der Waals surface area contributed by atoms with Crippen LogP contribution in [0.4, 0.5) is 0 Å². The zero-order chi connectivity index (χ0) is 12.6. The smallest absolute Gasteiger partial charge is 0.253 e. The Morgan fingerprint density at radius 3 is 2.71 bits per heavy atom. The molecule has 1 amide bonds. The van der Waals surface area contributed by atoms with Gasteiger partial charge in [0, 0.05) is 23.1 Å². The molecule has 1 heterocycles. The Morgan fingerprint density at radius 1 is 1.47 bits per heavy atom. The van der Waals surface area contributed by atoms with Crippen molar-refractivity contribution in [2.24, 2.45) is 5.41 Å². The third-order valence-corrected chi connectivity index (χ3v) is 4.36. The molecule has 0 radical (unpaired) electrons. The van der Waals surface area contributed by atoms with Gasteiger partial charge in [-0.05, 0) is 46.0 Å². The van der Waals surface area contributed by atoms with Crippen LogP contribution < -0.4 is 0 Å². The van der Waals surface area contributed by atoms with E-state index >= 15 is 0 Å². The predicted octanol–water partition coefficient (Wildman–Crippen LogP) is 3.97. The van der Waals surface area contributed by atoms with Crippen LogP contribution in [-0.2, 0) is 0 Å². The van der Waals surface area contributed by atoms with Crippen LogP contribution >= 0.6 is 27.5 Å². The lowest BCUT2D eigenvalue weighted by atomic mass is 9.93. The molecule has 1 aliphatic heterocycles. The second-order valence-corrected chi connectivity index (χ2v) is 6.53. The van der Waals surface area contributed by atoms with Gasteiger partial charge in [0.2, 0.25) is 0 Å². The van der Waals surface area contributed by atoms with Gasteiger partial charge in [-0.15, -0.1) is 0 Å². The first-order chi connectivity index (χ1) is 7.89. The fourth-order valence-corrected chi connectivity index (χ4v) is 2.52. The molecular weight excluding hydrogens is 302 g/mol. The number of nitrogens with zero attached hydrogens (tertiary/aromatic N) is 1. The number of hydrogen-bond donors (Lipinski definition) is 0. The van der Waals surface area contributed by atoms with Crippen LogP contribution in [-0.4, -0.2) is 23.9 Å². The van der Waals surface area contributed by atoms with Crippen molar-refractivity contribution in [3.63, 3.8) is 0 Å². The minimum Gasteiger partial charge on any atom is -0.338 e. The summed E-state index contributed by atoms with van der Waals surface area (Å²) in [7, 11) is 0. The van der Waals surface area contributed by atoms with Crippen molar-refractivity contribution in [1.29, 1.82) is 0 Å². The highest BCUT2D eigenvalue weighted by Crippen LogP contribution is 2.30. The van der Waals surface area contributed by atoms with Gasteiger partial charge in [0.25, 0.3) is 5.91 Å². The fourth-order valence-electron chi connectivity index (χ4n) is 2.10. The van der Waals surface area contributed by atoms with Crippen molar-refractivity contribution in [3.05, 3.63) is 33.3 Å². The van der Waals surface area contributed by atoms with Gasteiger partial charge in [-0.25, -0.2) is 0 Å². The lowest BCUT2D eigenvalue weighted by Crippen LogP contribution is -2.30. The first kappa shape index (κ1) is 12.9. The number of benzene rings is 1. The van der Waals surface area contributed by atoms with Gasteiger partial charge >= 0.3 is 0 Å². The molecular formula is C13H15BrClNO. The average molecular weight is 317 g/mol. The van der Waals surface area contributed by atoms with Crippen molar-refractivity contribution in [2.75, 3.05) is 13.1 Å². The molecule has 1 fully saturated rings. The molecule has 0 aromatic heterocycles. The molecule has 1 aromatic rings. The topological polar surface area (TPSA) is 20.3 Å². The molecule has 0 aliphatic carbocycles. The summed E-state index contributed by atoms with van der Waals surface area (Å²) in [6.07, 6.45) is 1.06. The number of carbonyl (C=O) groups excluding carboxylic acids is 1. The summed E-state index contributed by atoms with van der Waals surface area (Å²) in [6.45, 7) is 6.03. The maximum atomic E-state index is 12.3. The van der Waals surface area contributed by atoms with Crippen LogP contribution in [0.25, 0.3) is 0 Å². The van der Waals surface area contributed by atoms with Crippen LogP contribution in [0, 0.1) is 5.41 Å². The van der Waals surface area contributed by atoms with Crippen molar-refractivity contribution in [1.82, 2.24) is 4.90 Å². The summed E-state index contributed by atoms with van der Waals surface area (Å²) < 4.78 is 0.817. The Hall–Kier alpha value is -0.540. The lowest BCUT2D eigenvalue weighted by molar-refractivity contribution is 0.0778. The number of amides is 1. The number of rotatable bonds is 1. The third kappa shape index (κ3) is 2.83. The highest BCUT2D eigenvalue weighted by Gasteiger charge is 2.32. The molecule has 2 nitrogen and oxygen atoms in total. The minimum absolute atomic E-state index is 0.0741. The number of likely N-dealkylation sites (tertiary alicyclic amines) is 1. The van der Waals surface area contributed by atoms with Gasteiger partial charge in [-0.1, -0.05) is 25.4 Å². The second-order valence-electron chi connectivity index (χ2n) is 5.27. The Bertz CT molecular complexity index is 459. The molecule has 0 saturated carbocycles. The quantitative estimate of drug-likeness (QED) is 0.767. The Kier molecular flexibility index (Phi) is 3.50. The average Bonchev–Trinajstić information content (AvgIpc) is 2.62. The first-order valence-corrected chi connectivity index (χ1v) is 6.80. The van der Waals surface area contributed by atoms with Crippen LogP contribution in [0.2, 0.25) is 5.02 Å². The van der Waals surface area contributed by atoms with Crippen LogP contribution in [0.15, 0.2) is 22.7 Å². The fraction of sp³-hybridized carbons (Fsp3) is 0.462. The number of hydrogen-bond acceptors (Lipinski definition) is 1. The third-order valence-electron chi connectivity index (χ3n) is 3.13. The van der Waals surface area contributed by atoms with E-state index in [1.807, 2.05) is 17.0 Å². The molecule has 1 saturated heterocycles. The standard InChI is InChI=1S/C13H15BrClNO/c1-13(2)5-6-16(8-13)12(17)9-3-4-10(14)11(15)7-9/h3-4,7H,5-6,8H2,1-2H3. The Labute approximate surface area is 115 Å². The molecule has 1 aliphatic rings. The van der Waals surface area contributed by atoms with E-state index in [0.717, 1.165) is 24.0 Å². The predicted molar refractivity (Wildman–Crippen MR) is 73.5 cm³/mol. The highest BCUT2D eigenvalue weighted by molar-refractivity contribution is 9.10. The SMILES string of the molecule is CC1(C)CCN(C(=O)c2ccc(Br)c(Cl)c2)C1. The van der Waals surface area contributed by atoms with E-state index in [1.54, 1.807) is 6.07 Å². The van der Waals surface area contributed by atoms with Gasteiger partial charge < -0.3 is 4.90 Å². The molecule has 92 valence electrons. The van der Waals surface area contributed by atoms with Crippen LogP contribution in [0.5, 0.6) is 0 Å². The van der Waals surface area contributed by atoms with E-state index in [1.165, 1.54) is 0 Å². The summed E-state index contributed by atoms with van der Waals surface area (Å²) >= 11 is 9.33. The van der Waals surface area contributed by atoms with E-state index in [-0.39, 0.29) is 11.3 Å². The maximum Gasteiger partial charge on any atom is 0.253 e. The summed E-state index contributed by atoms with van der Waals surface area (Å²) in [5.41, 5.74) is 0.894. The van der Waals surface area contributed by atoms with Gasteiger partial charge in [0.15, 0.2) is 0 Å². The zero-order valence-corrected chi connectivity index (χ0v) is 12.3. The second kappa shape index (κ2) is 4.62. The number of carbonyl (C=O) groups is 1. The molecule has 17 heavy (non-hydrogen) atoms. The van der Waals surface area contributed by atoms with Gasteiger partial charge in [0.05, 0.1) is 5.02 Å². The summed E-state index contributed by atoms with van der Waals surface area (Å²) in [6, 6.07) is 5.35. The van der Waals surface area contributed by atoms with Crippen molar-refractivity contribution >= 4 is 33.4 Å². The van der Waals surface area contributed by atoms with Gasteiger partial charge in [0.1, 0.15) is 0 Å². The van der Waals surface area contributed by atoms with Crippen LogP contribution in [0.3, 0.4) is 0 Å². The van der Waals surface area contributed by atoms with E-state index < -0.39 is 0 Å². The molecule has 0 bridgehead atoms. The monoisotopic (exact) mass is 315 g/mol. The summed E-state index contributed by atoms with van der Waals surface area (Å²) in [4.78, 5) is 14.2. The Balaban J connectivity index is 2.18. The lowest BCUT2D eigenvalue weighted by Gasteiger charge is -2.20. The summed E-state index contributed by atoms with van der Waals surface area (Å²) in [5.74, 6) is 0.0741. The molecule has 0 N–H and O–H groups in total. The minimum atomic E-state index is 0.0741. The van der Waals surface area contributed by atoms with Crippen LogP contribution in [0.1, 0.15) is 30.6 Å². The van der Waals surface area contributed by atoms with E-state index in [4.69, 9.17) is 11.6 Å². The highest BCUT2D eigenvalue weighted by atomic mass is 79.9. The van der Waals surface area contributed by atoms with Crippen molar-refractivity contribution in [2.45, 2.75) is 20.3 Å². The molecule has 1 aromatic carbocycles. The van der Waals surface area contributed by atoms with E-state index in [9.17, 15) is 4.79 Å². The van der Waals surface area contributed by atoms with E-state index in [2.05, 4.69) is 29.8 Å². The summed E-state index contributed by atoms with van der Waals surface area (Å²) in [5, 5.41) is 0.578.